The van der Waals surface area contributed by atoms with Crippen molar-refractivity contribution >= 4 is 10.0 Å². The minimum absolute atomic E-state index is 0.335. The Morgan fingerprint density at radius 1 is 1.19 bits per heavy atom. The van der Waals surface area contributed by atoms with Crippen molar-refractivity contribution in [2.24, 2.45) is 10.9 Å². The minimum Gasteiger partial charge on any atom is -0.387 e. The largest absolute Gasteiger partial charge is 0.574 e. The fourth-order valence-corrected chi connectivity index (χ4v) is 2.11. The van der Waals surface area contributed by atoms with Crippen molar-refractivity contribution in [3.05, 3.63) is 17.3 Å². The van der Waals surface area contributed by atoms with E-state index in [-0.39, 0.29) is 0 Å². The van der Waals surface area contributed by atoms with Crippen molar-refractivity contribution in [3.63, 3.8) is 0 Å². The number of ether oxygens (including phenoxy) is 1. The van der Waals surface area contributed by atoms with Crippen LogP contribution in [0.4, 0.5) is 26.3 Å². The van der Waals surface area contributed by atoms with Gasteiger partial charge in [-0.05, 0) is 6.07 Å². The monoisotopic (exact) mass is 339 g/mol. The van der Waals surface area contributed by atoms with Crippen LogP contribution in [0, 0.1) is 0 Å². The van der Waals surface area contributed by atoms with Gasteiger partial charge in [-0.25, -0.2) is 18.5 Å². The third-order valence-corrected chi connectivity index (χ3v) is 2.95. The Hall–Kier alpha value is -1.60. The molecule has 0 amide bonds. The van der Waals surface area contributed by atoms with Crippen molar-refractivity contribution in [3.8, 4) is 5.88 Å². The van der Waals surface area contributed by atoms with Gasteiger partial charge in [0.25, 0.3) is 0 Å². The van der Waals surface area contributed by atoms with Crippen LogP contribution in [0.2, 0.25) is 0 Å². The Morgan fingerprint density at radius 2 is 1.71 bits per heavy atom. The number of alkyl halides is 6. The van der Waals surface area contributed by atoms with Crippen LogP contribution >= 0.6 is 0 Å². The summed E-state index contributed by atoms with van der Waals surface area (Å²) in [7, 11) is -4.99. The lowest BCUT2D eigenvalue weighted by molar-refractivity contribution is -0.278. The molecule has 0 unspecified atom stereocenters. The first-order valence-corrected chi connectivity index (χ1v) is 6.40. The van der Waals surface area contributed by atoms with Crippen LogP contribution in [0.5, 0.6) is 5.88 Å². The Balaban J connectivity index is 3.76. The first kappa shape index (κ1) is 17.5. The SMILES string of the molecule is NCc1cc(S(N)(=O)=O)c(C(F)(F)F)c(OC(F)(F)F)n1. The predicted octanol–water partition coefficient (Wildman–Crippen LogP) is 1.11. The maximum Gasteiger partial charge on any atom is 0.574 e. The quantitative estimate of drug-likeness (QED) is 0.802. The Morgan fingerprint density at radius 3 is 2.05 bits per heavy atom. The summed E-state index contributed by atoms with van der Waals surface area (Å²) in [6.45, 7) is -0.630. The Labute approximate surface area is 113 Å². The van der Waals surface area contributed by atoms with E-state index >= 15 is 0 Å². The van der Waals surface area contributed by atoms with E-state index in [1.54, 1.807) is 0 Å². The van der Waals surface area contributed by atoms with E-state index in [1.807, 2.05) is 0 Å². The summed E-state index contributed by atoms with van der Waals surface area (Å²) in [6, 6.07) is 0.335. The molecule has 120 valence electrons. The summed E-state index contributed by atoms with van der Waals surface area (Å²) in [5, 5.41) is 4.58. The van der Waals surface area contributed by atoms with Crippen LogP contribution in [-0.4, -0.2) is 19.8 Å². The minimum atomic E-state index is -5.52. The van der Waals surface area contributed by atoms with E-state index in [0.717, 1.165) is 0 Å². The number of halogens is 6. The molecular weight excluding hydrogens is 332 g/mol. The summed E-state index contributed by atoms with van der Waals surface area (Å²) < 4.78 is 100. The van der Waals surface area contributed by atoms with Crippen LogP contribution in [-0.2, 0) is 22.7 Å². The van der Waals surface area contributed by atoms with Crippen molar-refractivity contribution < 1.29 is 39.5 Å². The molecule has 1 rings (SSSR count). The lowest BCUT2D eigenvalue weighted by Gasteiger charge is -2.17. The average Bonchev–Trinajstić information content (AvgIpc) is 2.22. The van der Waals surface area contributed by atoms with E-state index in [1.165, 1.54) is 0 Å². The molecule has 0 aliphatic carbocycles. The zero-order valence-electron chi connectivity index (χ0n) is 9.79. The molecule has 0 atom stereocenters. The van der Waals surface area contributed by atoms with E-state index in [0.29, 0.717) is 6.07 Å². The summed E-state index contributed by atoms with van der Waals surface area (Å²) in [5.41, 5.74) is 2.21. The molecule has 0 fully saturated rings. The van der Waals surface area contributed by atoms with E-state index < -0.39 is 51.1 Å². The lowest BCUT2D eigenvalue weighted by Crippen LogP contribution is -2.25. The van der Waals surface area contributed by atoms with Crippen LogP contribution in [0.1, 0.15) is 11.3 Å². The highest BCUT2D eigenvalue weighted by molar-refractivity contribution is 7.89. The summed E-state index contributed by atoms with van der Waals surface area (Å²) in [6.07, 6.45) is -11.0. The zero-order valence-corrected chi connectivity index (χ0v) is 10.6. The molecule has 4 N–H and O–H groups in total. The van der Waals surface area contributed by atoms with Gasteiger partial charge in [-0.2, -0.15) is 13.2 Å². The van der Waals surface area contributed by atoms with Crippen molar-refractivity contribution in [2.75, 3.05) is 0 Å². The zero-order chi connectivity index (χ0) is 16.6. The number of pyridine rings is 1. The Bertz CT molecular complexity index is 640. The first-order chi connectivity index (χ1) is 9.25. The topological polar surface area (TPSA) is 108 Å². The van der Waals surface area contributed by atoms with Crippen LogP contribution in [0.25, 0.3) is 0 Å². The predicted molar refractivity (Wildman–Crippen MR) is 55.2 cm³/mol. The number of rotatable bonds is 3. The number of sulfonamides is 1. The number of aromatic nitrogens is 1. The van der Waals surface area contributed by atoms with Crippen LogP contribution in [0.15, 0.2) is 11.0 Å². The highest BCUT2D eigenvalue weighted by atomic mass is 32.2. The Kier molecular flexibility index (Phi) is 4.41. The third-order valence-electron chi connectivity index (χ3n) is 2.01. The maximum atomic E-state index is 12.8. The van der Waals surface area contributed by atoms with Gasteiger partial charge in [-0.15, -0.1) is 13.2 Å². The highest BCUT2D eigenvalue weighted by Gasteiger charge is 2.44. The highest BCUT2D eigenvalue weighted by Crippen LogP contribution is 2.41. The standard InChI is InChI=1S/C8H7F6N3O3S/c9-7(10,11)5-4(21(16,18)19)1-3(2-15)17-6(5)20-8(12,13)14/h1H,2,15H2,(H2,16,18,19). The van der Waals surface area contributed by atoms with E-state index in [9.17, 15) is 34.8 Å². The molecule has 13 heteroatoms. The molecule has 1 heterocycles. The summed E-state index contributed by atoms with van der Waals surface area (Å²) in [4.78, 5) is 1.30. The molecule has 0 saturated heterocycles. The number of primary sulfonamides is 1. The number of hydrogen-bond donors (Lipinski definition) is 2. The molecule has 1 aromatic heterocycles. The van der Waals surface area contributed by atoms with Crippen molar-refractivity contribution in [1.29, 1.82) is 0 Å². The molecule has 0 spiro atoms. The molecule has 21 heavy (non-hydrogen) atoms. The summed E-state index contributed by atoms with van der Waals surface area (Å²) >= 11 is 0. The maximum absolute atomic E-state index is 12.8. The van der Waals surface area contributed by atoms with Crippen LogP contribution in [0.3, 0.4) is 0 Å². The van der Waals surface area contributed by atoms with Gasteiger partial charge in [0.2, 0.25) is 15.9 Å². The second-order valence-corrected chi connectivity index (χ2v) is 5.12. The van der Waals surface area contributed by atoms with Gasteiger partial charge >= 0.3 is 12.5 Å². The van der Waals surface area contributed by atoms with Crippen LogP contribution < -0.4 is 15.6 Å². The smallest absolute Gasteiger partial charge is 0.387 e. The van der Waals surface area contributed by atoms with E-state index in [2.05, 4.69) is 14.9 Å². The molecule has 0 aliphatic rings. The average molecular weight is 339 g/mol. The summed E-state index contributed by atoms with van der Waals surface area (Å²) in [5.74, 6) is -1.98. The molecule has 0 aliphatic heterocycles. The fraction of sp³-hybridized carbons (Fsp3) is 0.375. The number of hydrogen-bond acceptors (Lipinski definition) is 5. The molecule has 0 radical (unpaired) electrons. The number of nitrogens with zero attached hydrogens (tertiary/aromatic N) is 1. The molecule has 6 nitrogen and oxygen atoms in total. The normalized spacial score (nSPS) is 13.3. The molecule has 1 aromatic rings. The van der Waals surface area contributed by atoms with Gasteiger partial charge < -0.3 is 10.5 Å². The van der Waals surface area contributed by atoms with Gasteiger partial charge in [0.05, 0.1) is 5.69 Å². The first-order valence-electron chi connectivity index (χ1n) is 4.85. The lowest BCUT2D eigenvalue weighted by atomic mass is 10.2. The fourth-order valence-electron chi connectivity index (χ4n) is 1.32. The van der Waals surface area contributed by atoms with Gasteiger partial charge in [0.15, 0.2) is 0 Å². The second-order valence-electron chi connectivity index (χ2n) is 3.59. The molecule has 0 saturated carbocycles. The molecule has 0 bridgehead atoms. The van der Waals surface area contributed by atoms with Gasteiger partial charge in [0.1, 0.15) is 10.5 Å². The van der Waals surface area contributed by atoms with E-state index in [4.69, 9.17) is 5.73 Å². The van der Waals surface area contributed by atoms with Gasteiger partial charge in [0, 0.05) is 6.54 Å². The van der Waals surface area contributed by atoms with Crippen molar-refractivity contribution in [2.45, 2.75) is 24.0 Å². The molecule has 0 aromatic carbocycles. The third kappa shape index (κ3) is 4.44. The van der Waals surface area contributed by atoms with Crippen molar-refractivity contribution in [1.82, 2.24) is 4.98 Å². The number of nitrogens with two attached hydrogens (primary N) is 2. The van der Waals surface area contributed by atoms with Gasteiger partial charge in [-0.3, -0.25) is 0 Å². The second kappa shape index (κ2) is 5.31. The molecular formula is C8H7F6N3O3S. The van der Waals surface area contributed by atoms with Gasteiger partial charge in [-0.1, -0.05) is 0 Å².